The van der Waals surface area contributed by atoms with Gasteiger partial charge in [-0.1, -0.05) is 181 Å². The molecule has 1 fully saturated rings. The van der Waals surface area contributed by atoms with Crippen LogP contribution in [0, 0.1) is 16.7 Å². The van der Waals surface area contributed by atoms with Crippen molar-refractivity contribution in [2.75, 3.05) is 6.54 Å². The van der Waals surface area contributed by atoms with Crippen LogP contribution in [0.3, 0.4) is 0 Å². The Morgan fingerprint density at radius 2 is 1.35 bits per heavy atom. The molecule has 7 aliphatic rings. The monoisotopic (exact) mass is 997 g/mol. The molecule has 388 valence electrons. The van der Waals surface area contributed by atoms with E-state index in [9.17, 15) is 0 Å². The summed E-state index contributed by atoms with van der Waals surface area (Å²) < 4.78 is 4.96. The van der Waals surface area contributed by atoms with Gasteiger partial charge < -0.3 is 18.9 Å². The Hall–Kier alpha value is -6.40. The minimum Gasteiger partial charge on any atom is -0.344 e. The summed E-state index contributed by atoms with van der Waals surface area (Å²) in [6.07, 6.45) is 32.0. The maximum atomic E-state index is 16.4. The van der Waals surface area contributed by atoms with Crippen molar-refractivity contribution in [3.05, 3.63) is 186 Å². The fraction of sp³-hybridized carbons (Fsp3) is 0.420. The Kier molecular flexibility index (Phi) is 12.3. The fourth-order valence-electron chi connectivity index (χ4n) is 12.8. The van der Waals surface area contributed by atoms with Crippen LogP contribution in [0.5, 0.6) is 0 Å². The van der Waals surface area contributed by atoms with E-state index in [1.807, 2.05) is 9.80 Å². The SMILES string of the molecule is CCCn1c2c(c3cc(C4=C5C(=O)N(CC6=CC(C(C)(C)C)=CCC(C(C)(C)C)=C6)C(C6=CCc7c8c(n(CC)c7C=C6)CC=CC=C8)=C5C(=O)N4Cc4cc(C(C)(C)C)cc(C(C)(C)C)c4)ccc31)C1CC1C=C2. The molecule has 2 unspecified atom stereocenters. The normalized spacial score (nSPS) is 20.5. The van der Waals surface area contributed by atoms with Gasteiger partial charge in [0.15, 0.2) is 0 Å². The molecule has 75 heavy (non-hydrogen) atoms. The summed E-state index contributed by atoms with van der Waals surface area (Å²) in [5.74, 6) is 0.835. The topological polar surface area (TPSA) is 50.5 Å². The number of allylic oxidation sites excluding steroid dienone is 10. The van der Waals surface area contributed by atoms with Crippen molar-refractivity contribution >= 4 is 46.6 Å². The van der Waals surface area contributed by atoms with Crippen molar-refractivity contribution < 1.29 is 9.59 Å². The molecule has 0 radical (unpaired) electrons. The van der Waals surface area contributed by atoms with E-state index in [0.29, 0.717) is 53.9 Å². The molecular formula is C69H80N4O2. The second kappa shape index (κ2) is 18.1. The lowest BCUT2D eigenvalue weighted by Gasteiger charge is -2.29. The molecule has 0 N–H and O–H groups in total. The predicted octanol–water partition coefficient (Wildman–Crippen LogP) is 16.0. The van der Waals surface area contributed by atoms with E-state index in [0.717, 1.165) is 61.0 Å². The zero-order valence-corrected chi connectivity index (χ0v) is 47.5. The van der Waals surface area contributed by atoms with E-state index >= 15 is 9.59 Å². The van der Waals surface area contributed by atoms with E-state index in [4.69, 9.17) is 0 Å². The van der Waals surface area contributed by atoms with Crippen molar-refractivity contribution in [2.24, 2.45) is 16.7 Å². The number of carbonyl (C=O) groups excluding carboxylic acids is 2. The highest BCUT2D eigenvalue weighted by Gasteiger charge is 2.50. The lowest BCUT2D eigenvalue weighted by Crippen LogP contribution is -2.32. The minimum atomic E-state index is -0.117. The van der Waals surface area contributed by atoms with E-state index in [2.05, 4.69) is 215 Å². The highest BCUT2D eigenvalue weighted by molar-refractivity contribution is 6.26. The lowest BCUT2D eigenvalue weighted by molar-refractivity contribution is -0.124. The van der Waals surface area contributed by atoms with Gasteiger partial charge in [-0.25, -0.2) is 0 Å². The first kappa shape index (κ1) is 50.7. The van der Waals surface area contributed by atoms with Crippen LogP contribution in [0.25, 0.3) is 34.8 Å². The van der Waals surface area contributed by atoms with Crippen LogP contribution in [0.2, 0.25) is 0 Å². The molecule has 1 saturated carbocycles. The Labute approximate surface area is 448 Å². The molecule has 2 aromatic heterocycles. The Morgan fingerprint density at radius 3 is 2.01 bits per heavy atom. The average molecular weight is 997 g/mol. The standard InChI is InChI=1S/C69H80N4O2/c1-15-32-71-57-30-25-46(38-54(57)59-53-37-45(53)24-31-58(59)71)63-61-60(64(74)73(63)41-43-35-49(68(9,10)11)39-50(36-43)69(12,13)14)62(44-22-28-52-51-20-18-17-19-21-55(51)70(16-2)56(52)29-23-44)72(65(61)75)40-42-33-47(66(3,4)5)26-27-48(34-42)67(6,7)8/h17-20,22-26,29-31,33-36,38-39,45,53H,15-16,21,27-28,32,37,40-41H2,1-14H3. The first-order valence-electron chi connectivity index (χ1n) is 28.2. The van der Waals surface area contributed by atoms with Crippen molar-refractivity contribution in [1.29, 1.82) is 0 Å². The summed E-state index contributed by atoms with van der Waals surface area (Å²) in [4.78, 5) is 36.7. The molecule has 0 saturated heterocycles. The number of hydrogen-bond acceptors (Lipinski definition) is 2. The first-order chi connectivity index (χ1) is 35.5. The van der Waals surface area contributed by atoms with Crippen LogP contribution in [-0.4, -0.2) is 37.3 Å². The second-order valence-corrected chi connectivity index (χ2v) is 26.6. The number of rotatable bonds is 9. The molecular weight excluding hydrogens is 917 g/mol. The Balaban J connectivity index is 1.16. The summed E-state index contributed by atoms with van der Waals surface area (Å²) in [5, 5.41) is 1.25. The molecule has 0 spiro atoms. The molecule has 11 rings (SSSR count). The zero-order valence-electron chi connectivity index (χ0n) is 47.5. The summed E-state index contributed by atoms with van der Waals surface area (Å²) >= 11 is 0. The van der Waals surface area contributed by atoms with Gasteiger partial charge in [0.1, 0.15) is 0 Å². The van der Waals surface area contributed by atoms with Gasteiger partial charge in [0.05, 0.1) is 35.6 Å². The zero-order chi connectivity index (χ0) is 53.3. The summed E-state index contributed by atoms with van der Waals surface area (Å²) in [6, 6.07) is 13.8. The van der Waals surface area contributed by atoms with Gasteiger partial charge in [-0.2, -0.15) is 0 Å². The number of fused-ring (bicyclic) bond motifs is 9. The maximum absolute atomic E-state index is 16.4. The minimum absolute atomic E-state index is 0.0807. The number of aryl methyl sites for hydroxylation is 1. The van der Waals surface area contributed by atoms with E-state index in [1.165, 1.54) is 66.9 Å². The summed E-state index contributed by atoms with van der Waals surface area (Å²) in [6.45, 7) is 34.2. The van der Waals surface area contributed by atoms with Gasteiger partial charge >= 0.3 is 0 Å². The number of aromatic nitrogens is 2. The maximum Gasteiger partial charge on any atom is 0.261 e. The quantitative estimate of drug-likeness (QED) is 0.168. The van der Waals surface area contributed by atoms with E-state index in [-0.39, 0.29) is 33.5 Å². The molecule has 6 heteroatoms. The average Bonchev–Trinajstić information content (AvgIpc) is 4.07. The third kappa shape index (κ3) is 8.82. The molecule has 5 aliphatic carbocycles. The van der Waals surface area contributed by atoms with Crippen molar-refractivity contribution in [3.63, 3.8) is 0 Å². The number of amides is 2. The summed E-state index contributed by atoms with van der Waals surface area (Å²) in [7, 11) is 0. The van der Waals surface area contributed by atoms with Crippen LogP contribution >= 0.6 is 0 Å². The third-order valence-electron chi connectivity index (χ3n) is 17.2. The van der Waals surface area contributed by atoms with Gasteiger partial charge in [-0.15, -0.1) is 0 Å². The molecule has 2 aliphatic heterocycles. The van der Waals surface area contributed by atoms with Crippen LogP contribution in [0.1, 0.15) is 178 Å². The lowest BCUT2D eigenvalue weighted by atomic mass is 9.79. The molecule has 2 aromatic carbocycles. The van der Waals surface area contributed by atoms with Crippen LogP contribution in [0.15, 0.2) is 130 Å². The highest BCUT2D eigenvalue weighted by Crippen LogP contribution is 2.56. The van der Waals surface area contributed by atoms with Gasteiger partial charge in [0, 0.05) is 47.5 Å². The van der Waals surface area contributed by atoms with Crippen LogP contribution in [0.4, 0.5) is 0 Å². The number of nitrogens with zero attached hydrogens (tertiary/aromatic N) is 4. The largest absolute Gasteiger partial charge is 0.344 e. The fourth-order valence-corrected chi connectivity index (χ4v) is 12.8. The molecule has 0 bridgehead atoms. The third-order valence-corrected chi connectivity index (χ3v) is 17.2. The van der Waals surface area contributed by atoms with E-state index in [1.54, 1.807) is 0 Å². The van der Waals surface area contributed by atoms with Gasteiger partial charge in [0.2, 0.25) is 0 Å². The first-order valence-corrected chi connectivity index (χ1v) is 28.2. The van der Waals surface area contributed by atoms with Crippen LogP contribution in [-0.2, 0) is 52.9 Å². The predicted molar refractivity (Wildman–Crippen MR) is 313 cm³/mol. The van der Waals surface area contributed by atoms with E-state index < -0.39 is 0 Å². The number of carbonyl (C=O) groups is 2. The summed E-state index contributed by atoms with van der Waals surface area (Å²) in [5.41, 5.74) is 20.1. The molecule has 6 nitrogen and oxygen atoms in total. The molecule has 4 aromatic rings. The van der Waals surface area contributed by atoms with Crippen molar-refractivity contribution in [3.8, 4) is 0 Å². The Morgan fingerprint density at radius 1 is 0.640 bits per heavy atom. The van der Waals surface area contributed by atoms with Gasteiger partial charge in [0.25, 0.3) is 11.8 Å². The number of benzene rings is 2. The van der Waals surface area contributed by atoms with Crippen molar-refractivity contribution in [2.45, 2.75) is 165 Å². The van der Waals surface area contributed by atoms with Crippen LogP contribution < -0.4 is 0 Å². The molecule has 4 heterocycles. The van der Waals surface area contributed by atoms with Crippen molar-refractivity contribution in [1.82, 2.24) is 18.9 Å². The number of hydrogen-bond donors (Lipinski definition) is 0. The van der Waals surface area contributed by atoms with Gasteiger partial charge in [-0.05, 0) is 146 Å². The molecule has 2 amide bonds. The smallest absolute Gasteiger partial charge is 0.261 e. The second-order valence-electron chi connectivity index (χ2n) is 26.6. The van der Waals surface area contributed by atoms with Gasteiger partial charge in [-0.3, -0.25) is 9.59 Å². The highest BCUT2D eigenvalue weighted by atomic mass is 16.2. The molecule has 2 atom stereocenters. The Bertz CT molecular complexity index is 3420.